The quantitative estimate of drug-likeness (QED) is 0.691. The third-order valence-corrected chi connectivity index (χ3v) is 4.13. The van der Waals surface area contributed by atoms with Gasteiger partial charge in [-0.2, -0.15) is 0 Å². The molecule has 0 heterocycles. The summed E-state index contributed by atoms with van der Waals surface area (Å²) in [5, 5.41) is 6.10. The largest absolute Gasteiger partial charge is 0.368 e. The van der Waals surface area contributed by atoms with Crippen LogP contribution in [0.1, 0.15) is 47.8 Å². The highest BCUT2D eigenvalue weighted by atomic mass is 16.2. The van der Waals surface area contributed by atoms with Gasteiger partial charge in [0.05, 0.1) is 0 Å². The SMILES string of the molecule is CCC(C)NC(=O)c1ccc(CNC(C(N)=O)c2ccccc2)cc1. The molecule has 0 bridgehead atoms. The second kappa shape index (κ2) is 8.99. The molecule has 0 saturated carbocycles. The fourth-order valence-corrected chi connectivity index (χ4v) is 2.43. The first-order valence-corrected chi connectivity index (χ1v) is 8.48. The van der Waals surface area contributed by atoms with Gasteiger partial charge in [-0.15, -0.1) is 0 Å². The molecule has 132 valence electrons. The van der Waals surface area contributed by atoms with Crippen molar-refractivity contribution in [2.24, 2.45) is 5.73 Å². The van der Waals surface area contributed by atoms with E-state index >= 15 is 0 Å². The molecule has 5 heteroatoms. The number of nitrogens with two attached hydrogens (primary N) is 1. The standard InChI is InChI=1S/C20H25N3O2/c1-3-14(2)23-20(25)17-11-9-15(10-12-17)13-22-18(19(21)24)16-7-5-4-6-8-16/h4-12,14,18,22H,3,13H2,1-2H3,(H2,21,24)(H,23,25). The summed E-state index contributed by atoms with van der Waals surface area (Å²) < 4.78 is 0. The Morgan fingerprint density at radius 3 is 2.24 bits per heavy atom. The van der Waals surface area contributed by atoms with Crippen molar-refractivity contribution in [2.45, 2.75) is 38.9 Å². The highest BCUT2D eigenvalue weighted by molar-refractivity contribution is 5.94. The molecule has 0 aliphatic heterocycles. The van der Waals surface area contributed by atoms with E-state index in [2.05, 4.69) is 10.6 Å². The van der Waals surface area contributed by atoms with Crippen LogP contribution in [0.3, 0.4) is 0 Å². The van der Waals surface area contributed by atoms with Crippen molar-refractivity contribution in [3.8, 4) is 0 Å². The third kappa shape index (κ3) is 5.43. The summed E-state index contributed by atoms with van der Waals surface area (Å²) in [5.74, 6) is -0.496. The maximum Gasteiger partial charge on any atom is 0.251 e. The Morgan fingerprint density at radius 1 is 1.04 bits per heavy atom. The van der Waals surface area contributed by atoms with E-state index in [9.17, 15) is 9.59 Å². The minimum atomic E-state index is -0.547. The summed E-state index contributed by atoms with van der Waals surface area (Å²) in [6.07, 6.45) is 0.891. The minimum Gasteiger partial charge on any atom is -0.368 e. The molecule has 0 aliphatic carbocycles. The topological polar surface area (TPSA) is 84.2 Å². The Labute approximate surface area is 148 Å². The van der Waals surface area contributed by atoms with Gasteiger partial charge in [-0.1, -0.05) is 49.4 Å². The minimum absolute atomic E-state index is 0.0758. The average molecular weight is 339 g/mol. The van der Waals surface area contributed by atoms with Gasteiger partial charge in [0, 0.05) is 18.2 Å². The molecule has 2 aromatic carbocycles. The molecule has 5 nitrogen and oxygen atoms in total. The van der Waals surface area contributed by atoms with Crippen LogP contribution in [0.5, 0.6) is 0 Å². The van der Waals surface area contributed by atoms with Crippen molar-refractivity contribution >= 4 is 11.8 Å². The molecule has 25 heavy (non-hydrogen) atoms. The number of primary amides is 1. The van der Waals surface area contributed by atoms with Crippen LogP contribution in [0.2, 0.25) is 0 Å². The predicted molar refractivity (Wildman–Crippen MR) is 98.9 cm³/mol. The molecule has 0 saturated heterocycles. The van der Waals surface area contributed by atoms with Crippen LogP contribution in [0.4, 0.5) is 0 Å². The van der Waals surface area contributed by atoms with Gasteiger partial charge >= 0.3 is 0 Å². The van der Waals surface area contributed by atoms with Gasteiger partial charge in [-0.05, 0) is 36.6 Å². The Kier molecular flexibility index (Phi) is 6.71. The van der Waals surface area contributed by atoms with E-state index in [1.54, 1.807) is 12.1 Å². The molecule has 2 unspecified atom stereocenters. The fourth-order valence-electron chi connectivity index (χ4n) is 2.43. The van der Waals surface area contributed by atoms with Gasteiger partial charge in [0.15, 0.2) is 0 Å². The molecule has 0 radical (unpaired) electrons. The normalized spacial score (nSPS) is 13.0. The first-order chi connectivity index (χ1) is 12.0. The van der Waals surface area contributed by atoms with Crippen LogP contribution in [0.25, 0.3) is 0 Å². The highest BCUT2D eigenvalue weighted by Crippen LogP contribution is 2.13. The molecule has 2 atom stereocenters. The van der Waals surface area contributed by atoms with E-state index in [1.165, 1.54) is 0 Å². The number of amides is 2. The summed E-state index contributed by atoms with van der Waals surface area (Å²) in [6.45, 7) is 4.49. The van der Waals surface area contributed by atoms with Crippen LogP contribution in [-0.4, -0.2) is 17.9 Å². The first kappa shape index (κ1) is 18.7. The first-order valence-electron chi connectivity index (χ1n) is 8.48. The number of rotatable bonds is 8. The number of carbonyl (C=O) groups excluding carboxylic acids is 2. The van der Waals surface area contributed by atoms with E-state index in [0.717, 1.165) is 17.5 Å². The highest BCUT2D eigenvalue weighted by Gasteiger charge is 2.16. The predicted octanol–water partition coefficient (Wildman–Crippen LogP) is 2.53. The van der Waals surface area contributed by atoms with Gasteiger partial charge in [-0.25, -0.2) is 0 Å². The Hall–Kier alpha value is -2.66. The van der Waals surface area contributed by atoms with Gasteiger partial charge in [0.25, 0.3) is 5.91 Å². The van der Waals surface area contributed by atoms with Crippen molar-refractivity contribution in [3.63, 3.8) is 0 Å². The van der Waals surface area contributed by atoms with Crippen molar-refractivity contribution in [1.29, 1.82) is 0 Å². The van der Waals surface area contributed by atoms with E-state index in [4.69, 9.17) is 5.73 Å². The van der Waals surface area contributed by atoms with Crippen molar-refractivity contribution in [1.82, 2.24) is 10.6 Å². The number of nitrogens with one attached hydrogen (secondary N) is 2. The Balaban J connectivity index is 1.98. The number of hydrogen-bond donors (Lipinski definition) is 3. The summed E-state index contributed by atoms with van der Waals surface area (Å²) >= 11 is 0. The molecular weight excluding hydrogens is 314 g/mol. The second-order valence-corrected chi connectivity index (χ2v) is 6.11. The van der Waals surface area contributed by atoms with Gasteiger partial charge in [-0.3, -0.25) is 14.9 Å². The van der Waals surface area contributed by atoms with Crippen LogP contribution in [0.15, 0.2) is 54.6 Å². The van der Waals surface area contributed by atoms with Gasteiger partial charge in [0.2, 0.25) is 5.91 Å². The smallest absolute Gasteiger partial charge is 0.251 e. The van der Waals surface area contributed by atoms with Crippen molar-refractivity contribution in [3.05, 3.63) is 71.3 Å². The van der Waals surface area contributed by atoms with Crippen molar-refractivity contribution < 1.29 is 9.59 Å². The lowest BCUT2D eigenvalue weighted by atomic mass is 10.1. The maximum absolute atomic E-state index is 12.1. The number of hydrogen-bond acceptors (Lipinski definition) is 3. The average Bonchev–Trinajstić information content (AvgIpc) is 2.62. The van der Waals surface area contributed by atoms with Crippen LogP contribution in [-0.2, 0) is 11.3 Å². The summed E-state index contributed by atoms with van der Waals surface area (Å²) in [4.78, 5) is 23.8. The van der Waals surface area contributed by atoms with Gasteiger partial charge in [0.1, 0.15) is 6.04 Å². The third-order valence-electron chi connectivity index (χ3n) is 4.13. The van der Waals surface area contributed by atoms with E-state index in [1.807, 2.05) is 56.3 Å². The molecule has 2 aromatic rings. The maximum atomic E-state index is 12.1. The monoisotopic (exact) mass is 339 g/mol. The summed E-state index contributed by atoms with van der Waals surface area (Å²) in [5.41, 5.74) is 7.93. The zero-order chi connectivity index (χ0) is 18.2. The van der Waals surface area contributed by atoms with E-state index in [0.29, 0.717) is 12.1 Å². The zero-order valence-electron chi connectivity index (χ0n) is 14.7. The molecular formula is C20H25N3O2. The molecule has 2 rings (SSSR count). The number of carbonyl (C=O) groups is 2. The molecule has 0 spiro atoms. The van der Waals surface area contributed by atoms with E-state index in [-0.39, 0.29) is 11.9 Å². The Morgan fingerprint density at radius 2 is 1.68 bits per heavy atom. The lowest BCUT2D eigenvalue weighted by Gasteiger charge is -2.16. The van der Waals surface area contributed by atoms with Crippen LogP contribution < -0.4 is 16.4 Å². The fraction of sp³-hybridized carbons (Fsp3) is 0.300. The molecule has 0 fully saturated rings. The summed E-state index contributed by atoms with van der Waals surface area (Å²) in [7, 11) is 0. The molecule has 0 aliphatic rings. The van der Waals surface area contributed by atoms with Crippen LogP contribution in [0, 0.1) is 0 Å². The molecule has 4 N–H and O–H groups in total. The Bertz CT molecular complexity index is 699. The van der Waals surface area contributed by atoms with Gasteiger partial charge < -0.3 is 11.1 Å². The van der Waals surface area contributed by atoms with E-state index < -0.39 is 11.9 Å². The zero-order valence-corrected chi connectivity index (χ0v) is 14.7. The van der Waals surface area contributed by atoms with Crippen molar-refractivity contribution in [2.75, 3.05) is 0 Å². The number of benzene rings is 2. The lowest BCUT2D eigenvalue weighted by molar-refractivity contribution is -0.120. The molecule has 0 aromatic heterocycles. The van der Waals surface area contributed by atoms with Crippen LogP contribution >= 0.6 is 0 Å². The second-order valence-electron chi connectivity index (χ2n) is 6.11. The molecule has 2 amide bonds. The summed E-state index contributed by atoms with van der Waals surface area (Å²) in [6, 6.07) is 16.3. The lowest BCUT2D eigenvalue weighted by Crippen LogP contribution is -2.33.